The molecule has 0 saturated heterocycles. The molecule has 142 valence electrons. The first-order valence-corrected chi connectivity index (χ1v) is 11.5. The van der Waals surface area contributed by atoms with E-state index in [0.29, 0.717) is 0 Å². The van der Waals surface area contributed by atoms with Gasteiger partial charge in [-0.15, -0.1) is 0 Å². The highest BCUT2D eigenvalue weighted by molar-refractivity contribution is 4.93. The number of rotatable bonds is 16. The number of allylic oxidation sites excluding steroid dienone is 1. The Morgan fingerprint density at radius 1 is 0.667 bits per heavy atom. The van der Waals surface area contributed by atoms with Gasteiger partial charge in [0, 0.05) is 0 Å². The van der Waals surface area contributed by atoms with Crippen LogP contribution in [0.5, 0.6) is 0 Å². The van der Waals surface area contributed by atoms with Gasteiger partial charge in [0.05, 0.1) is 0 Å². The van der Waals surface area contributed by atoms with Crippen molar-refractivity contribution in [2.45, 2.75) is 135 Å². The molecular weight excluding hydrogens is 288 g/mol. The highest BCUT2D eigenvalue weighted by Gasteiger charge is 2.12. The van der Waals surface area contributed by atoms with Gasteiger partial charge in [0.2, 0.25) is 0 Å². The summed E-state index contributed by atoms with van der Waals surface area (Å²) in [4.78, 5) is 0. The first-order chi connectivity index (χ1) is 11.8. The minimum Gasteiger partial charge on any atom is -0.0999 e. The Balaban J connectivity index is 1.77. The molecule has 1 aliphatic rings. The van der Waals surface area contributed by atoms with Crippen molar-refractivity contribution >= 4 is 0 Å². The summed E-state index contributed by atoms with van der Waals surface area (Å²) in [6.07, 6.45) is 28.8. The summed E-state index contributed by atoms with van der Waals surface area (Å²) in [6.45, 7) is 6.62. The molecule has 0 bridgehead atoms. The molecule has 1 saturated carbocycles. The zero-order valence-electron chi connectivity index (χ0n) is 16.9. The molecule has 0 aromatic heterocycles. The Labute approximate surface area is 153 Å². The molecule has 0 amide bonds. The number of hydrogen-bond acceptors (Lipinski definition) is 0. The van der Waals surface area contributed by atoms with E-state index >= 15 is 0 Å². The van der Waals surface area contributed by atoms with Crippen molar-refractivity contribution in [2.75, 3.05) is 0 Å². The van der Waals surface area contributed by atoms with Crippen LogP contribution in [0.15, 0.2) is 12.2 Å². The highest BCUT2D eigenvalue weighted by Crippen LogP contribution is 2.28. The number of unbranched alkanes of at least 4 members (excludes halogenated alkanes) is 10. The molecule has 0 heteroatoms. The maximum Gasteiger partial charge on any atom is -0.0323 e. The average Bonchev–Trinajstić information content (AvgIpc) is 2.60. The van der Waals surface area contributed by atoms with E-state index in [1.165, 1.54) is 134 Å². The molecule has 0 heterocycles. The van der Waals surface area contributed by atoms with Crippen LogP contribution in [0.25, 0.3) is 0 Å². The Bertz CT molecular complexity index is 272. The molecular formula is C24H46. The van der Waals surface area contributed by atoms with E-state index in [1.807, 2.05) is 0 Å². The first kappa shape index (κ1) is 21.8. The van der Waals surface area contributed by atoms with Crippen LogP contribution in [0.2, 0.25) is 0 Å². The fourth-order valence-corrected chi connectivity index (χ4v) is 4.28. The molecule has 0 aromatic rings. The van der Waals surface area contributed by atoms with E-state index in [9.17, 15) is 0 Å². The maximum absolute atomic E-state index is 4.32. The molecule has 0 atom stereocenters. The minimum absolute atomic E-state index is 1.05. The standard InChI is InChI=1S/C24H46/c1-3-4-5-6-7-8-9-10-11-12-14-18-23(2)19-17-22-24-20-15-13-16-21-24/h24H,2-22H2,1H3. The molecule has 0 aliphatic heterocycles. The van der Waals surface area contributed by atoms with Crippen molar-refractivity contribution in [3.05, 3.63) is 12.2 Å². The normalized spacial score (nSPS) is 15.7. The smallest absolute Gasteiger partial charge is 0.0323 e. The Morgan fingerprint density at radius 2 is 1.17 bits per heavy atom. The fourth-order valence-electron chi connectivity index (χ4n) is 4.28. The molecule has 1 aliphatic carbocycles. The molecule has 0 unspecified atom stereocenters. The van der Waals surface area contributed by atoms with Gasteiger partial charge in [-0.2, -0.15) is 0 Å². The van der Waals surface area contributed by atoms with Crippen LogP contribution in [0, 0.1) is 5.92 Å². The first-order valence-electron chi connectivity index (χ1n) is 11.5. The predicted octanol–water partition coefficient (Wildman–Crippen LogP) is 8.99. The zero-order chi connectivity index (χ0) is 17.3. The van der Waals surface area contributed by atoms with Crippen molar-refractivity contribution in [3.8, 4) is 0 Å². The maximum atomic E-state index is 4.32. The Morgan fingerprint density at radius 3 is 1.75 bits per heavy atom. The van der Waals surface area contributed by atoms with Crippen LogP contribution >= 0.6 is 0 Å². The van der Waals surface area contributed by atoms with Gasteiger partial charge in [0.15, 0.2) is 0 Å². The summed E-state index contributed by atoms with van der Waals surface area (Å²) in [7, 11) is 0. The van der Waals surface area contributed by atoms with Crippen LogP contribution in [0.4, 0.5) is 0 Å². The van der Waals surface area contributed by atoms with Crippen LogP contribution < -0.4 is 0 Å². The van der Waals surface area contributed by atoms with Gasteiger partial charge in [0.25, 0.3) is 0 Å². The van der Waals surface area contributed by atoms with Gasteiger partial charge in [0.1, 0.15) is 0 Å². The minimum atomic E-state index is 1.05. The van der Waals surface area contributed by atoms with E-state index in [-0.39, 0.29) is 0 Å². The average molecular weight is 335 g/mol. The molecule has 0 spiro atoms. The summed E-state index contributed by atoms with van der Waals surface area (Å²) in [5, 5.41) is 0. The molecule has 0 aromatic carbocycles. The monoisotopic (exact) mass is 334 g/mol. The van der Waals surface area contributed by atoms with Crippen LogP contribution in [0.3, 0.4) is 0 Å². The summed E-state index contributed by atoms with van der Waals surface area (Å²) < 4.78 is 0. The lowest BCUT2D eigenvalue weighted by atomic mass is 9.85. The van der Waals surface area contributed by atoms with E-state index < -0.39 is 0 Å². The van der Waals surface area contributed by atoms with Gasteiger partial charge in [-0.3, -0.25) is 0 Å². The van der Waals surface area contributed by atoms with Crippen molar-refractivity contribution in [2.24, 2.45) is 5.92 Å². The van der Waals surface area contributed by atoms with Gasteiger partial charge in [-0.25, -0.2) is 0 Å². The summed E-state index contributed by atoms with van der Waals surface area (Å²) >= 11 is 0. The predicted molar refractivity (Wildman–Crippen MR) is 111 cm³/mol. The van der Waals surface area contributed by atoms with Gasteiger partial charge in [-0.1, -0.05) is 122 Å². The highest BCUT2D eigenvalue weighted by atomic mass is 14.2. The molecule has 1 fully saturated rings. The second-order valence-corrected chi connectivity index (χ2v) is 8.43. The third kappa shape index (κ3) is 13.1. The molecule has 1 rings (SSSR count). The Kier molecular flexibility index (Phi) is 14.7. The molecule has 0 radical (unpaired) electrons. The Hall–Kier alpha value is -0.260. The van der Waals surface area contributed by atoms with E-state index in [4.69, 9.17) is 0 Å². The van der Waals surface area contributed by atoms with Crippen LogP contribution in [0.1, 0.15) is 135 Å². The number of hydrogen-bond donors (Lipinski definition) is 0. The summed E-state index contributed by atoms with van der Waals surface area (Å²) in [5.74, 6) is 1.05. The van der Waals surface area contributed by atoms with Gasteiger partial charge < -0.3 is 0 Å². The van der Waals surface area contributed by atoms with Crippen molar-refractivity contribution < 1.29 is 0 Å². The second kappa shape index (κ2) is 16.2. The second-order valence-electron chi connectivity index (χ2n) is 8.43. The third-order valence-corrected chi connectivity index (χ3v) is 6.00. The fraction of sp³-hybridized carbons (Fsp3) is 0.917. The zero-order valence-corrected chi connectivity index (χ0v) is 16.9. The van der Waals surface area contributed by atoms with E-state index in [2.05, 4.69) is 13.5 Å². The molecule has 0 N–H and O–H groups in total. The quantitative estimate of drug-likeness (QED) is 0.195. The van der Waals surface area contributed by atoms with Gasteiger partial charge >= 0.3 is 0 Å². The van der Waals surface area contributed by atoms with Crippen molar-refractivity contribution in [1.82, 2.24) is 0 Å². The summed E-state index contributed by atoms with van der Waals surface area (Å²) in [5.41, 5.74) is 1.53. The van der Waals surface area contributed by atoms with Crippen molar-refractivity contribution in [1.29, 1.82) is 0 Å². The lowest BCUT2D eigenvalue weighted by Gasteiger charge is -2.21. The largest absolute Gasteiger partial charge is 0.0999 e. The topological polar surface area (TPSA) is 0 Å². The van der Waals surface area contributed by atoms with Crippen LogP contribution in [-0.4, -0.2) is 0 Å². The summed E-state index contributed by atoms with van der Waals surface area (Å²) in [6, 6.07) is 0. The van der Waals surface area contributed by atoms with E-state index in [0.717, 1.165) is 5.92 Å². The van der Waals surface area contributed by atoms with Gasteiger partial charge in [-0.05, 0) is 31.6 Å². The van der Waals surface area contributed by atoms with E-state index in [1.54, 1.807) is 0 Å². The lowest BCUT2D eigenvalue weighted by molar-refractivity contribution is 0.332. The van der Waals surface area contributed by atoms with Crippen LogP contribution in [-0.2, 0) is 0 Å². The lowest BCUT2D eigenvalue weighted by Crippen LogP contribution is -2.05. The molecule has 24 heavy (non-hydrogen) atoms. The van der Waals surface area contributed by atoms with Crippen molar-refractivity contribution in [3.63, 3.8) is 0 Å². The third-order valence-electron chi connectivity index (χ3n) is 6.00. The SMILES string of the molecule is C=C(CCCCCCCCCCCCC)CCCC1CCCCC1. The molecule has 0 nitrogen and oxygen atoms in total.